The summed E-state index contributed by atoms with van der Waals surface area (Å²) in [6, 6.07) is 6.83. The summed E-state index contributed by atoms with van der Waals surface area (Å²) in [6.07, 6.45) is 5.07. The molecule has 0 saturated heterocycles. The lowest BCUT2D eigenvalue weighted by Crippen LogP contribution is -2.12. The van der Waals surface area contributed by atoms with Gasteiger partial charge >= 0.3 is 0 Å². The van der Waals surface area contributed by atoms with Crippen molar-refractivity contribution in [1.82, 2.24) is 4.57 Å². The van der Waals surface area contributed by atoms with E-state index in [4.69, 9.17) is 0 Å². The van der Waals surface area contributed by atoms with E-state index in [1.807, 2.05) is 19.1 Å². The molecule has 0 spiro atoms. The highest BCUT2D eigenvalue weighted by Crippen LogP contribution is 2.28. The van der Waals surface area contributed by atoms with Crippen LogP contribution in [0.2, 0.25) is 0 Å². The van der Waals surface area contributed by atoms with Crippen LogP contribution in [0.3, 0.4) is 0 Å². The first-order valence-corrected chi connectivity index (χ1v) is 8.29. The van der Waals surface area contributed by atoms with E-state index in [9.17, 15) is 13.2 Å². The van der Waals surface area contributed by atoms with E-state index in [0.29, 0.717) is 17.7 Å². The van der Waals surface area contributed by atoms with Crippen LogP contribution in [0.4, 0.5) is 0 Å². The van der Waals surface area contributed by atoms with Crippen molar-refractivity contribution in [2.45, 2.75) is 18.2 Å². The van der Waals surface area contributed by atoms with Crippen molar-refractivity contribution in [1.29, 1.82) is 0 Å². The van der Waals surface area contributed by atoms with E-state index in [-0.39, 0.29) is 10.5 Å². The van der Waals surface area contributed by atoms with Gasteiger partial charge in [0.1, 0.15) is 0 Å². The SMILES string of the molecule is C=NC(=O)c1ccc(-n2cccc2)c(S(C)(=O)=O)c1CC. The van der Waals surface area contributed by atoms with Gasteiger partial charge in [-0.05, 0) is 43.0 Å². The molecule has 2 aromatic rings. The second kappa shape index (κ2) is 5.65. The Balaban J connectivity index is 2.87. The molecule has 0 atom stereocenters. The Morgan fingerprint density at radius 3 is 2.38 bits per heavy atom. The molecular weight excluding hydrogens is 288 g/mol. The Morgan fingerprint density at radius 1 is 1.29 bits per heavy atom. The van der Waals surface area contributed by atoms with Gasteiger partial charge in [0.05, 0.1) is 10.6 Å². The second-order valence-corrected chi connectivity index (χ2v) is 6.57. The lowest BCUT2D eigenvalue weighted by Gasteiger charge is -2.16. The fourth-order valence-corrected chi connectivity index (χ4v) is 3.62. The molecule has 5 nitrogen and oxygen atoms in total. The molecule has 0 saturated carbocycles. The third kappa shape index (κ3) is 2.80. The number of benzene rings is 1. The third-order valence-electron chi connectivity index (χ3n) is 3.22. The molecule has 0 radical (unpaired) electrons. The zero-order valence-corrected chi connectivity index (χ0v) is 12.7. The molecule has 0 unspecified atom stereocenters. The summed E-state index contributed by atoms with van der Waals surface area (Å²) < 4.78 is 26.2. The Labute approximate surface area is 123 Å². The molecule has 6 heteroatoms. The number of carbonyl (C=O) groups is 1. The van der Waals surface area contributed by atoms with Crippen molar-refractivity contribution < 1.29 is 13.2 Å². The first kappa shape index (κ1) is 15.2. The lowest BCUT2D eigenvalue weighted by molar-refractivity contribution is 0.100. The molecule has 21 heavy (non-hydrogen) atoms. The molecule has 1 aromatic carbocycles. The molecule has 0 N–H and O–H groups in total. The summed E-state index contributed by atoms with van der Waals surface area (Å²) in [4.78, 5) is 15.4. The lowest BCUT2D eigenvalue weighted by atomic mass is 10.0. The monoisotopic (exact) mass is 304 g/mol. The van der Waals surface area contributed by atoms with Crippen LogP contribution in [-0.2, 0) is 16.3 Å². The molecule has 0 aliphatic carbocycles. The minimum absolute atomic E-state index is 0.163. The Bertz CT molecular complexity index is 791. The van der Waals surface area contributed by atoms with Crippen LogP contribution in [0.15, 0.2) is 46.5 Å². The number of aromatic nitrogens is 1. The van der Waals surface area contributed by atoms with Gasteiger partial charge in [-0.25, -0.2) is 13.4 Å². The van der Waals surface area contributed by atoms with Gasteiger partial charge in [0.15, 0.2) is 9.84 Å². The normalized spacial score (nSPS) is 11.3. The summed E-state index contributed by atoms with van der Waals surface area (Å²) in [5, 5.41) is 0. The summed E-state index contributed by atoms with van der Waals surface area (Å²) >= 11 is 0. The summed E-state index contributed by atoms with van der Waals surface area (Å²) in [5.74, 6) is -0.518. The second-order valence-electron chi connectivity index (χ2n) is 4.62. The van der Waals surface area contributed by atoms with Crippen LogP contribution in [0.5, 0.6) is 0 Å². The number of rotatable bonds is 4. The fraction of sp³-hybridized carbons (Fsp3) is 0.200. The van der Waals surface area contributed by atoms with Crippen LogP contribution >= 0.6 is 0 Å². The number of hydrogen-bond donors (Lipinski definition) is 0. The fourth-order valence-electron chi connectivity index (χ4n) is 2.36. The average molecular weight is 304 g/mol. The number of aliphatic imine (C=N–C) groups is 1. The molecule has 0 bridgehead atoms. The molecule has 2 rings (SSSR count). The number of carbonyl (C=O) groups excluding carboxylic acids is 1. The van der Waals surface area contributed by atoms with Crippen LogP contribution in [0, 0.1) is 0 Å². The number of sulfone groups is 1. The van der Waals surface area contributed by atoms with Crippen molar-refractivity contribution in [2.24, 2.45) is 4.99 Å². The van der Waals surface area contributed by atoms with E-state index in [2.05, 4.69) is 11.7 Å². The number of nitrogens with zero attached hydrogens (tertiary/aromatic N) is 2. The highest BCUT2D eigenvalue weighted by Gasteiger charge is 2.23. The summed E-state index contributed by atoms with van der Waals surface area (Å²) in [7, 11) is -3.50. The molecule has 0 fully saturated rings. The average Bonchev–Trinajstić information content (AvgIpc) is 2.97. The van der Waals surface area contributed by atoms with Gasteiger partial charge in [0.2, 0.25) is 0 Å². The van der Waals surface area contributed by atoms with E-state index in [0.717, 1.165) is 6.26 Å². The van der Waals surface area contributed by atoms with Crippen molar-refractivity contribution in [3.05, 3.63) is 47.8 Å². The van der Waals surface area contributed by atoms with Gasteiger partial charge < -0.3 is 4.57 Å². The third-order valence-corrected chi connectivity index (χ3v) is 4.42. The molecule has 1 aromatic heterocycles. The molecule has 0 aliphatic rings. The van der Waals surface area contributed by atoms with Crippen LogP contribution in [0.1, 0.15) is 22.8 Å². The van der Waals surface area contributed by atoms with Gasteiger partial charge in [0.25, 0.3) is 5.91 Å². The number of amides is 1. The Morgan fingerprint density at radius 2 is 1.90 bits per heavy atom. The molecule has 0 aliphatic heterocycles. The Hall–Kier alpha value is -2.21. The zero-order chi connectivity index (χ0) is 15.6. The maximum atomic E-state index is 12.2. The van der Waals surface area contributed by atoms with Crippen LogP contribution < -0.4 is 0 Å². The topological polar surface area (TPSA) is 68.5 Å². The van der Waals surface area contributed by atoms with Gasteiger partial charge in [0, 0.05) is 24.2 Å². The highest BCUT2D eigenvalue weighted by molar-refractivity contribution is 7.90. The van der Waals surface area contributed by atoms with Crippen molar-refractivity contribution in [2.75, 3.05) is 6.26 Å². The maximum Gasteiger partial charge on any atom is 0.276 e. The van der Waals surface area contributed by atoms with Gasteiger partial charge in [-0.3, -0.25) is 4.79 Å². The first-order chi connectivity index (χ1) is 9.90. The quantitative estimate of drug-likeness (QED) is 0.814. The summed E-state index contributed by atoms with van der Waals surface area (Å²) in [5.41, 5.74) is 1.28. The molecule has 110 valence electrons. The number of hydrogen-bond acceptors (Lipinski definition) is 3. The molecular formula is C15H16N2O3S. The largest absolute Gasteiger partial charge is 0.323 e. The summed E-state index contributed by atoms with van der Waals surface area (Å²) in [6.45, 7) is 5.03. The van der Waals surface area contributed by atoms with E-state index in [1.165, 1.54) is 0 Å². The minimum atomic E-state index is -3.50. The first-order valence-electron chi connectivity index (χ1n) is 6.40. The molecule has 1 amide bonds. The van der Waals surface area contributed by atoms with Gasteiger partial charge in [-0.1, -0.05) is 6.92 Å². The van der Waals surface area contributed by atoms with E-state index < -0.39 is 15.7 Å². The van der Waals surface area contributed by atoms with E-state index >= 15 is 0 Å². The van der Waals surface area contributed by atoms with E-state index in [1.54, 1.807) is 29.1 Å². The molecule has 1 heterocycles. The predicted molar refractivity (Wildman–Crippen MR) is 82.1 cm³/mol. The highest BCUT2D eigenvalue weighted by atomic mass is 32.2. The van der Waals surface area contributed by atoms with Crippen molar-refractivity contribution >= 4 is 22.5 Å². The maximum absolute atomic E-state index is 12.2. The van der Waals surface area contributed by atoms with Crippen LogP contribution in [-0.4, -0.2) is 31.9 Å². The van der Waals surface area contributed by atoms with Gasteiger partial charge in [-0.15, -0.1) is 0 Å². The van der Waals surface area contributed by atoms with Crippen molar-refractivity contribution in [3.63, 3.8) is 0 Å². The van der Waals surface area contributed by atoms with Crippen molar-refractivity contribution in [3.8, 4) is 5.69 Å². The smallest absolute Gasteiger partial charge is 0.276 e. The standard InChI is InChI=1S/C15H16N2O3S/c1-4-11-12(15(18)16-2)7-8-13(14(11)21(3,19)20)17-9-5-6-10-17/h5-10H,2,4H2,1,3H3. The van der Waals surface area contributed by atoms with Gasteiger partial charge in [-0.2, -0.15) is 0 Å². The Kier molecular flexibility index (Phi) is 4.09. The predicted octanol–water partition coefficient (Wildman–Crippen LogP) is 2.28. The zero-order valence-electron chi connectivity index (χ0n) is 11.9. The minimum Gasteiger partial charge on any atom is -0.323 e. The van der Waals surface area contributed by atoms with Crippen LogP contribution in [0.25, 0.3) is 5.69 Å².